The summed E-state index contributed by atoms with van der Waals surface area (Å²) in [5.74, 6) is 0.769. The van der Waals surface area contributed by atoms with Crippen molar-refractivity contribution in [3.05, 3.63) is 45.7 Å². The van der Waals surface area contributed by atoms with Crippen molar-refractivity contribution < 1.29 is 4.74 Å². The summed E-state index contributed by atoms with van der Waals surface area (Å²) in [6, 6.07) is 6.08. The molecule has 108 valence electrons. The van der Waals surface area contributed by atoms with E-state index < -0.39 is 0 Å². The number of methoxy groups -OCH3 is 1. The van der Waals surface area contributed by atoms with E-state index in [2.05, 4.69) is 36.8 Å². The normalized spacial score (nSPS) is 10.7. The second kappa shape index (κ2) is 5.80. The smallest absolute Gasteiger partial charge is 0.143 e. The van der Waals surface area contributed by atoms with E-state index in [0.29, 0.717) is 0 Å². The Kier molecular flexibility index (Phi) is 4.29. The molecule has 2 aromatic rings. The lowest BCUT2D eigenvalue weighted by Gasteiger charge is -2.13. The highest BCUT2D eigenvalue weighted by Crippen LogP contribution is 2.31. The average molecular weight is 293 g/mol. The molecule has 0 unspecified atom stereocenters. The van der Waals surface area contributed by atoms with Gasteiger partial charge in [0.15, 0.2) is 0 Å². The zero-order valence-corrected chi connectivity index (χ0v) is 13.4. The minimum atomic E-state index is 0.721. The molecule has 0 saturated heterocycles. The highest BCUT2D eigenvalue weighted by molar-refractivity contribution is 6.31. The Morgan fingerprint density at radius 1 is 1.20 bits per heavy atom. The zero-order valence-electron chi connectivity index (χ0n) is 12.7. The molecule has 2 rings (SSSR count). The molecule has 0 saturated carbocycles. The molecule has 0 fully saturated rings. The Balaban J connectivity index is 2.22. The van der Waals surface area contributed by atoms with Gasteiger partial charge in [-0.25, -0.2) is 0 Å². The van der Waals surface area contributed by atoms with Gasteiger partial charge in [-0.1, -0.05) is 11.6 Å². The largest absolute Gasteiger partial charge is 0.495 e. The van der Waals surface area contributed by atoms with E-state index in [9.17, 15) is 0 Å². The molecule has 0 radical (unpaired) electrons. The molecule has 0 spiro atoms. The maximum Gasteiger partial charge on any atom is 0.143 e. The van der Waals surface area contributed by atoms with Crippen molar-refractivity contribution in [1.29, 1.82) is 0 Å². The first-order valence-corrected chi connectivity index (χ1v) is 7.01. The Labute approximate surface area is 125 Å². The molecular formula is C16H21ClN2O. The van der Waals surface area contributed by atoms with Gasteiger partial charge in [0.2, 0.25) is 0 Å². The van der Waals surface area contributed by atoms with Crippen LogP contribution in [0.25, 0.3) is 0 Å². The number of halogens is 1. The molecule has 3 nitrogen and oxygen atoms in total. The molecule has 4 heteroatoms. The first-order chi connectivity index (χ1) is 9.43. The van der Waals surface area contributed by atoms with Gasteiger partial charge in [0.05, 0.1) is 12.8 Å². The van der Waals surface area contributed by atoms with Crippen molar-refractivity contribution in [2.75, 3.05) is 12.4 Å². The van der Waals surface area contributed by atoms with Gasteiger partial charge in [-0.05, 0) is 44.0 Å². The van der Waals surface area contributed by atoms with Crippen LogP contribution in [0.4, 0.5) is 5.69 Å². The fourth-order valence-electron chi connectivity index (χ4n) is 2.27. The summed E-state index contributed by atoms with van der Waals surface area (Å²) >= 11 is 6.12. The van der Waals surface area contributed by atoms with Crippen LogP contribution in [0.15, 0.2) is 18.2 Å². The van der Waals surface area contributed by atoms with Crippen LogP contribution < -0.4 is 10.1 Å². The van der Waals surface area contributed by atoms with Gasteiger partial charge in [0.1, 0.15) is 5.75 Å². The number of anilines is 1. The number of nitrogens with one attached hydrogen (secondary N) is 1. The monoisotopic (exact) mass is 292 g/mol. The van der Waals surface area contributed by atoms with Gasteiger partial charge in [-0.3, -0.25) is 0 Å². The van der Waals surface area contributed by atoms with E-state index in [0.717, 1.165) is 28.6 Å². The average Bonchev–Trinajstić information content (AvgIpc) is 2.67. The van der Waals surface area contributed by atoms with E-state index in [1.165, 1.54) is 17.0 Å². The summed E-state index contributed by atoms with van der Waals surface area (Å²) in [5, 5.41) is 4.15. The number of nitrogens with zero attached hydrogens (tertiary/aromatic N) is 1. The molecule has 1 N–H and O–H groups in total. The summed E-state index contributed by atoms with van der Waals surface area (Å²) in [4.78, 5) is 0. The third-order valence-electron chi connectivity index (χ3n) is 3.83. The Morgan fingerprint density at radius 3 is 2.45 bits per heavy atom. The van der Waals surface area contributed by atoms with Crippen LogP contribution in [0.1, 0.15) is 22.5 Å². The highest BCUT2D eigenvalue weighted by Gasteiger charge is 2.09. The van der Waals surface area contributed by atoms with Crippen LogP contribution in [0.5, 0.6) is 5.75 Å². The minimum Gasteiger partial charge on any atom is -0.495 e. The number of aromatic nitrogens is 1. The number of ether oxygens (including phenoxy) is 1. The number of hydrogen-bond acceptors (Lipinski definition) is 2. The molecule has 0 atom stereocenters. The summed E-state index contributed by atoms with van der Waals surface area (Å²) < 4.78 is 7.57. The fourth-order valence-corrected chi connectivity index (χ4v) is 2.43. The topological polar surface area (TPSA) is 26.2 Å². The van der Waals surface area contributed by atoms with E-state index >= 15 is 0 Å². The van der Waals surface area contributed by atoms with Crippen molar-refractivity contribution in [3.8, 4) is 5.75 Å². The van der Waals surface area contributed by atoms with Gasteiger partial charge in [-0.2, -0.15) is 0 Å². The first-order valence-electron chi connectivity index (χ1n) is 6.63. The predicted octanol–water partition coefficient (Wildman–Crippen LogP) is 4.22. The zero-order chi connectivity index (χ0) is 14.9. The van der Waals surface area contributed by atoms with Crippen LogP contribution in [0, 0.1) is 20.8 Å². The van der Waals surface area contributed by atoms with Gasteiger partial charge < -0.3 is 14.6 Å². The van der Waals surface area contributed by atoms with Gasteiger partial charge in [0.25, 0.3) is 0 Å². The Morgan fingerprint density at radius 2 is 1.90 bits per heavy atom. The second-order valence-corrected chi connectivity index (χ2v) is 5.52. The Hall–Kier alpha value is -1.61. The lowest BCUT2D eigenvalue weighted by atomic mass is 10.2. The summed E-state index contributed by atoms with van der Waals surface area (Å²) in [6.07, 6.45) is 0. The van der Waals surface area contributed by atoms with Gasteiger partial charge in [-0.15, -0.1) is 0 Å². The van der Waals surface area contributed by atoms with Crippen molar-refractivity contribution in [1.82, 2.24) is 4.57 Å². The minimum absolute atomic E-state index is 0.721. The van der Waals surface area contributed by atoms with Crippen molar-refractivity contribution in [2.24, 2.45) is 7.05 Å². The molecule has 20 heavy (non-hydrogen) atoms. The number of aryl methyl sites for hydroxylation is 2. The van der Waals surface area contributed by atoms with Crippen molar-refractivity contribution >= 4 is 17.3 Å². The van der Waals surface area contributed by atoms with E-state index in [1.807, 2.05) is 19.1 Å². The molecule has 1 aromatic carbocycles. The number of rotatable bonds is 4. The van der Waals surface area contributed by atoms with Crippen LogP contribution >= 0.6 is 11.6 Å². The molecule has 1 aromatic heterocycles. The molecule has 0 aliphatic heterocycles. The Bertz CT molecular complexity index is 632. The lowest BCUT2D eigenvalue weighted by Crippen LogP contribution is -2.03. The third kappa shape index (κ3) is 2.78. The van der Waals surface area contributed by atoms with Crippen LogP contribution in [0.3, 0.4) is 0 Å². The summed E-state index contributed by atoms with van der Waals surface area (Å²) in [6.45, 7) is 7.01. The SMILES string of the molecule is COc1cc(Cl)c(C)cc1NCc1cc(C)n(C)c1C. The number of hydrogen-bond donors (Lipinski definition) is 1. The summed E-state index contributed by atoms with van der Waals surface area (Å²) in [5.41, 5.74) is 5.84. The predicted molar refractivity (Wildman–Crippen MR) is 85.0 cm³/mol. The van der Waals surface area contributed by atoms with E-state index in [1.54, 1.807) is 7.11 Å². The van der Waals surface area contributed by atoms with Crippen molar-refractivity contribution in [3.63, 3.8) is 0 Å². The van der Waals surface area contributed by atoms with Crippen molar-refractivity contribution in [2.45, 2.75) is 27.3 Å². The number of benzene rings is 1. The van der Waals surface area contributed by atoms with E-state index in [4.69, 9.17) is 16.3 Å². The molecule has 1 heterocycles. The van der Waals surface area contributed by atoms with Gasteiger partial charge in [0, 0.05) is 36.1 Å². The molecule has 0 aliphatic rings. The van der Waals surface area contributed by atoms with E-state index in [-0.39, 0.29) is 0 Å². The highest BCUT2D eigenvalue weighted by atomic mass is 35.5. The molecule has 0 amide bonds. The molecule has 0 aliphatic carbocycles. The van der Waals surface area contributed by atoms with Crippen LogP contribution in [0.2, 0.25) is 5.02 Å². The quantitative estimate of drug-likeness (QED) is 0.913. The van der Waals surface area contributed by atoms with Crippen LogP contribution in [-0.2, 0) is 13.6 Å². The fraction of sp³-hybridized carbons (Fsp3) is 0.375. The maximum atomic E-state index is 6.12. The maximum absolute atomic E-state index is 6.12. The third-order valence-corrected chi connectivity index (χ3v) is 4.24. The summed E-state index contributed by atoms with van der Waals surface area (Å²) in [7, 11) is 3.74. The lowest BCUT2D eigenvalue weighted by molar-refractivity contribution is 0.416. The molecular weight excluding hydrogens is 272 g/mol. The van der Waals surface area contributed by atoms with Crippen LogP contribution in [-0.4, -0.2) is 11.7 Å². The van der Waals surface area contributed by atoms with Gasteiger partial charge >= 0.3 is 0 Å². The molecule has 0 bridgehead atoms. The first kappa shape index (κ1) is 14.8. The second-order valence-electron chi connectivity index (χ2n) is 5.11. The standard InChI is InChI=1S/C16H21ClN2O/c1-10-6-15(16(20-5)8-14(10)17)18-9-13-7-11(2)19(4)12(13)3/h6-8,18H,9H2,1-5H3.